The molecule has 4 nitrogen and oxygen atoms in total. The van der Waals surface area contributed by atoms with E-state index in [-0.39, 0.29) is 11.8 Å². The molecule has 1 amide bonds. The minimum absolute atomic E-state index is 0.0256. The van der Waals surface area contributed by atoms with Gasteiger partial charge in [-0.25, -0.2) is 0 Å². The Morgan fingerprint density at radius 1 is 1.19 bits per heavy atom. The van der Waals surface area contributed by atoms with E-state index < -0.39 is 0 Å². The lowest BCUT2D eigenvalue weighted by Gasteiger charge is -2.31. The maximum atomic E-state index is 12.6. The Labute approximate surface area is 170 Å². The van der Waals surface area contributed by atoms with E-state index in [9.17, 15) is 4.79 Å². The van der Waals surface area contributed by atoms with E-state index in [2.05, 4.69) is 10.2 Å². The van der Waals surface area contributed by atoms with Gasteiger partial charge >= 0.3 is 0 Å². The Morgan fingerprint density at radius 2 is 1.96 bits per heavy atom. The first-order valence-corrected chi connectivity index (χ1v) is 10.0. The number of hydrogen-bond donors (Lipinski definition) is 1. The molecule has 0 atom stereocenters. The van der Waals surface area contributed by atoms with Gasteiger partial charge in [0.15, 0.2) is 0 Å². The maximum Gasteiger partial charge on any atom is 0.227 e. The van der Waals surface area contributed by atoms with Gasteiger partial charge in [0.2, 0.25) is 5.91 Å². The summed E-state index contributed by atoms with van der Waals surface area (Å²) >= 11 is 12.2. The van der Waals surface area contributed by atoms with Crippen LogP contribution in [0.4, 0.5) is 5.69 Å². The van der Waals surface area contributed by atoms with Crippen LogP contribution in [0.25, 0.3) is 0 Å². The molecule has 1 fully saturated rings. The van der Waals surface area contributed by atoms with E-state index in [0.29, 0.717) is 16.7 Å². The molecule has 6 heteroatoms. The quantitative estimate of drug-likeness (QED) is 0.712. The number of rotatable bonds is 6. The van der Waals surface area contributed by atoms with Crippen molar-refractivity contribution in [3.63, 3.8) is 0 Å². The number of nitrogens with zero attached hydrogens (tertiary/aromatic N) is 1. The van der Waals surface area contributed by atoms with Gasteiger partial charge in [0.25, 0.3) is 0 Å². The van der Waals surface area contributed by atoms with Gasteiger partial charge in [0, 0.05) is 34.3 Å². The lowest BCUT2D eigenvalue weighted by molar-refractivity contribution is -0.121. The van der Waals surface area contributed by atoms with E-state index in [1.165, 1.54) is 0 Å². The monoisotopic (exact) mass is 406 g/mol. The number of halogens is 2. The summed E-state index contributed by atoms with van der Waals surface area (Å²) in [6.45, 7) is 5.07. The van der Waals surface area contributed by atoms with Crippen LogP contribution in [0, 0.1) is 5.92 Å². The molecule has 0 saturated carbocycles. The standard InChI is InChI=1S/C21H24Cl2N2O2/c1-2-27-19-5-3-4-18(13-19)24-21(26)15-8-10-25(11-9-15)14-16-6-7-17(22)12-20(16)23/h3-7,12-13,15H,2,8-11,14H2,1H3,(H,24,26). The van der Waals surface area contributed by atoms with Crippen molar-refractivity contribution in [3.05, 3.63) is 58.1 Å². The molecule has 2 aromatic rings. The molecule has 0 aliphatic carbocycles. The molecule has 1 heterocycles. The van der Waals surface area contributed by atoms with Gasteiger partial charge in [-0.3, -0.25) is 9.69 Å². The summed E-state index contributed by atoms with van der Waals surface area (Å²) in [5.41, 5.74) is 1.85. The number of carbonyl (C=O) groups excluding carboxylic acids is 1. The van der Waals surface area contributed by atoms with Gasteiger partial charge in [-0.1, -0.05) is 35.3 Å². The van der Waals surface area contributed by atoms with Crippen LogP contribution in [0.2, 0.25) is 10.0 Å². The zero-order valence-corrected chi connectivity index (χ0v) is 16.9. The number of anilines is 1. The van der Waals surface area contributed by atoms with Crippen molar-refractivity contribution < 1.29 is 9.53 Å². The van der Waals surface area contributed by atoms with Gasteiger partial charge in [-0.15, -0.1) is 0 Å². The summed E-state index contributed by atoms with van der Waals surface area (Å²) in [7, 11) is 0. The van der Waals surface area contributed by atoms with Crippen LogP contribution in [-0.4, -0.2) is 30.5 Å². The second-order valence-corrected chi connectivity index (χ2v) is 7.58. The molecule has 0 radical (unpaired) electrons. The highest BCUT2D eigenvalue weighted by Crippen LogP contribution is 2.26. The first-order chi connectivity index (χ1) is 13.0. The summed E-state index contributed by atoms with van der Waals surface area (Å²) < 4.78 is 5.48. The fourth-order valence-electron chi connectivity index (χ4n) is 3.32. The van der Waals surface area contributed by atoms with Crippen LogP contribution in [0.15, 0.2) is 42.5 Å². The van der Waals surface area contributed by atoms with Crippen LogP contribution in [-0.2, 0) is 11.3 Å². The van der Waals surface area contributed by atoms with Crippen molar-refractivity contribution in [1.29, 1.82) is 0 Å². The third-order valence-electron chi connectivity index (χ3n) is 4.78. The van der Waals surface area contributed by atoms with Crippen molar-refractivity contribution in [1.82, 2.24) is 4.90 Å². The predicted molar refractivity (Wildman–Crippen MR) is 111 cm³/mol. The molecule has 2 aromatic carbocycles. The molecule has 1 aliphatic heterocycles. The highest BCUT2D eigenvalue weighted by molar-refractivity contribution is 6.35. The van der Waals surface area contributed by atoms with Gasteiger partial charge in [0.1, 0.15) is 5.75 Å². The zero-order valence-electron chi connectivity index (χ0n) is 15.4. The number of nitrogens with one attached hydrogen (secondary N) is 1. The number of likely N-dealkylation sites (tertiary alicyclic amines) is 1. The van der Waals surface area contributed by atoms with Crippen molar-refractivity contribution in [3.8, 4) is 5.75 Å². The number of benzene rings is 2. The Morgan fingerprint density at radius 3 is 2.67 bits per heavy atom. The topological polar surface area (TPSA) is 41.6 Å². The average Bonchev–Trinajstić information content (AvgIpc) is 2.65. The van der Waals surface area contributed by atoms with Crippen LogP contribution in [0.1, 0.15) is 25.3 Å². The predicted octanol–water partition coefficient (Wildman–Crippen LogP) is 5.24. The summed E-state index contributed by atoms with van der Waals surface area (Å²) in [6.07, 6.45) is 1.67. The molecule has 144 valence electrons. The number of carbonyl (C=O) groups is 1. The number of amides is 1. The van der Waals surface area contributed by atoms with Gasteiger partial charge < -0.3 is 10.1 Å². The molecule has 1 N–H and O–H groups in total. The van der Waals surface area contributed by atoms with Crippen LogP contribution in [0.5, 0.6) is 5.75 Å². The van der Waals surface area contributed by atoms with Crippen molar-refractivity contribution in [2.45, 2.75) is 26.3 Å². The fraction of sp³-hybridized carbons (Fsp3) is 0.381. The highest BCUT2D eigenvalue weighted by Gasteiger charge is 2.25. The first-order valence-electron chi connectivity index (χ1n) is 9.25. The molecule has 0 bridgehead atoms. The van der Waals surface area contributed by atoms with Crippen LogP contribution < -0.4 is 10.1 Å². The molecular formula is C21H24Cl2N2O2. The minimum Gasteiger partial charge on any atom is -0.494 e. The SMILES string of the molecule is CCOc1cccc(NC(=O)C2CCN(Cc3ccc(Cl)cc3Cl)CC2)c1. The third-order valence-corrected chi connectivity index (χ3v) is 5.37. The Hall–Kier alpha value is -1.75. The van der Waals surface area contributed by atoms with E-state index in [0.717, 1.165) is 49.5 Å². The molecule has 1 aliphatic rings. The lowest BCUT2D eigenvalue weighted by Crippen LogP contribution is -2.37. The third kappa shape index (κ3) is 5.61. The molecule has 1 saturated heterocycles. The number of piperidine rings is 1. The van der Waals surface area contributed by atoms with Crippen molar-refractivity contribution in [2.24, 2.45) is 5.92 Å². The number of ether oxygens (including phenoxy) is 1. The summed E-state index contributed by atoms with van der Waals surface area (Å²) in [6, 6.07) is 13.1. The lowest BCUT2D eigenvalue weighted by atomic mass is 9.95. The van der Waals surface area contributed by atoms with Gasteiger partial charge in [-0.2, -0.15) is 0 Å². The largest absolute Gasteiger partial charge is 0.494 e. The van der Waals surface area contributed by atoms with E-state index in [1.807, 2.05) is 43.3 Å². The zero-order chi connectivity index (χ0) is 19.2. The van der Waals surface area contributed by atoms with E-state index in [1.54, 1.807) is 6.07 Å². The molecular weight excluding hydrogens is 383 g/mol. The molecule has 0 aromatic heterocycles. The van der Waals surface area contributed by atoms with Gasteiger partial charge in [0.05, 0.1) is 6.61 Å². The molecule has 0 unspecified atom stereocenters. The van der Waals surface area contributed by atoms with E-state index in [4.69, 9.17) is 27.9 Å². The normalized spacial score (nSPS) is 15.5. The smallest absolute Gasteiger partial charge is 0.227 e. The Kier molecular flexibility index (Phi) is 7.00. The molecule has 3 rings (SSSR count). The summed E-state index contributed by atoms with van der Waals surface area (Å²) in [4.78, 5) is 14.9. The first kappa shape index (κ1) is 20.0. The Balaban J connectivity index is 1.51. The fourth-order valence-corrected chi connectivity index (χ4v) is 3.79. The summed E-state index contributed by atoms with van der Waals surface area (Å²) in [5, 5.41) is 4.35. The van der Waals surface area contributed by atoms with Crippen molar-refractivity contribution >= 4 is 34.8 Å². The highest BCUT2D eigenvalue weighted by atomic mass is 35.5. The Bertz CT molecular complexity index is 790. The minimum atomic E-state index is 0.0256. The average molecular weight is 407 g/mol. The van der Waals surface area contributed by atoms with Crippen LogP contribution >= 0.6 is 23.2 Å². The molecule has 27 heavy (non-hydrogen) atoms. The second-order valence-electron chi connectivity index (χ2n) is 6.74. The second kappa shape index (κ2) is 9.45. The summed E-state index contributed by atoms with van der Waals surface area (Å²) in [5.74, 6) is 0.871. The van der Waals surface area contributed by atoms with Gasteiger partial charge in [-0.05, 0) is 62.7 Å². The van der Waals surface area contributed by atoms with E-state index >= 15 is 0 Å². The maximum absolute atomic E-state index is 12.6. The van der Waals surface area contributed by atoms with Crippen molar-refractivity contribution in [2.75, 3.05) is 25.0 Å². The van der Waals surface area contributed by atoms with Crippen LogP contribution in [0.3, 0.4) is 0 Å². The molecule has 0 spiro atoms. The number of hydrogen-bond acceptors (Lipinski definition) is 3.